The van der Waals surface area contributed by atoms with Crippen LogP contribution in [0.25, 0.3) is 6.08 Å². The van der Waals surface area contributed by atoms with E-state index in [1.165, 1.54) is 18.2 Å². The molecule has 10 heteroatoms. The lowest BCUT2D eigenvalue weighted by Crippen LogP contribution is -2.54. The number of amides is 4. The van der Waals surface area contributed by atoms with Crippen LogP contribution >= 0.6 is 31.9 Å². The van der Waals surface area contributed by atoms with Crippen molar-refractivity contribution in [2.75, 3.05) is 11.5 Å². The van der Waals surface area contributed by atoms with Gasteiger partial charge in [0.05, 0.1) is 21.2 Å². The number of benzene rings is 3. The highest BCUT2D eigenvalue weighted by Crippen LogP contribution is 2.36. The second kappa shape index (κ2) is 11.0. The maximum Gasteiger partial charge on any atom is 0.335 e. The van der Waals surface area contributed by atoms with Gasteiger partial charge in [0.15, 0.2) is 0 Å². The first-order valence-electron chi connectivity index (χ1n) is 10.8. The molecule has 1 saturated heterocycles. The van der Waals surface area contributed by atoms with E-state index in [0.29, 0.717) is 43.9 Å². The van der Waals surface area contributed by atoms with Crippen LogP contribution in [0.2, 0.25) is 0 Å². The number of anilines is 1. The van der Waals surface area contributed by atoms with Gasteiger partial charge >= 0.3 is 6.03 Å². The Hall–Kier alpha value is -3.50. The summed E-state index contributed by atoms with van der Waals surface area (Å²) in [5, 5.41) is 2.20. The minimum atomic E-state index is -0.838. The van der Waals surface area contributed by atoms with Crippen LogP contribution in [0.5, 0.6) is 11.5 Å². The molecule has 0 bridgehead atoms. The van der Waals surface area contributed by atoms with E-state index in [1.54, 1.807) is 48.5 Å². The predicted octanol–water partition coefficient (Wildman–Crippen LogP) is 5.99. The van der Waals surface area contributed by atoms with Crippen LogP contribution in [0.15, 0.2) is 75.2 Å². The van der Waals surface area contributed by atoms with E-state index < -0.39 is 17.8 Å². The summed E-state index contributed by atoms with van der Waals surface area (Å²) in [4.78, 5) is 39.0. The third kappa shape index (κ3) is 5.66. The number of carbonyl (C=O) groups excluding carboxylic acids is 3. The average Bonchev–Trinajstić information content (AvgIpc) is 2.82. The van der Waals surface area contributed by atoms with Crippen LogP contribution < -0.4 is 19.7 Å². The topological polar surface area (TPSA) is 84.9 Å². The van der Waals surface area contributed by atoms with E-state index in [4.69, 9.17) is 9.47 Å². The van der Waals surface area contributed by atoms with Crippen LogP contribution in [0.1, 0.15) is 18.1 Å². The Morgan fingerprint density at radius 1 is 0.972 bits per heavy atom. The van der Waals surface area contributed by atoms with Crippen molar-refractivity contribution in [3.8, 4) is 11.5 Å². The largest absolute Gasteiger partial charge is 0.494 e. The first-order valence-corrected chi connectivity index (χ1v) is 12.4. The van der Waals surface area contributed by atoms with Gasteiger partial charge in [0.1, 0.15) is 29.5 Å². The minimum absolute atomic E-state index is 0.134. The molecule has 0 radical (unpaired) electrons. The van der Waals surface area contributed by atoms with Crippen LogP contribution in [0.3, 0.4) is 0 Å². The molecule has 1 aliphatic heterocycles. The van der Waals surface area contributed by atoms with Crippen LogP contribution in [-0.2, 0) is 16.2 Å². The number of urea groups is 1. The minimum Gasteiger partial charge on any atom is -0.494 e. The van der Waals surface area contributed by atoms with Gasteiger partial charge in [-0.1, -0.05) is 12.1 Å². The Balaban J connectivity index is 1.58. The van der Waals surface area contributed by atoms with Gasteiger partial charge in [0.25, 0.3) is 11.8 Å². The molecule has 0 saturated carbocycles. The van der Waals surface area contributed by atoms with Crippen molar-refractivity contribution < 1.29 is 28.2 Å². The number of imide groups is 2. The molecule has 1 fully saturated rings. The third-order valence-corrected chi connectivity index (χ3v) is 6.29. The zero-order valence-electron chi connectivity index (χ0n) is 18.9. The van der Waals surface area contributed by atoms with E-state index in [9.17, 15) is 18.8 Å². The van der Waals surface area contributed by atoms with Gasteiger partial charge < -0.3 is 9.47 Å². The molecule has 0 aliphatic carbocycles. The maximum atomic E-state index is 13.4. The number of hydrogen-bond donors (Lipinski definition) is 1. The molecule has 0 aromatic heterocycles. The van der Waals surface area contributed by atoms with E-state index >= 15 is 0 Å². The Bertz CT molecular complexity index is 1350. The van der Waals surface area contributed by atoms with Crippen molar-refractivity contribution in [2.45, 2.75) is 13.5 Å². The Kier molecular flexibility index (Phi) is 7.85. The van der Waals surface area contributed by atoms with Crippen LogP contribution in [0, 0.1) is 5.82 Å². The van der Waals surface area contributed by atoms with Crippen molar-refractivity contribution in [3.05, 3.63) is 92.1 Å². The number of carbonyl (C=O) groups is 3. The summed E-state index contributed by atoms with van der Waals surface area (Å²) in [7, 11) is 0. The smallest absolute Gasteiger partial charge is 0.335 e. The average molecular weight is 618 g/mol. The van der Waals surface area contributed by atoms with E-state index in [-0.39, 0.29) is 18.0 Å². The molecular weight excluding hydrogens is 599 g/mol. The molecule has 3 aromatic rings. The number of rotatable bonds is 7. The van der Waals surface area contributed by atoms with Crippen molar-refractivity contribution in [3.63, 3.8) is 0 Å². The molecule has 184 valence electrons. The Morgan fingerprint density at radius 2 is 1.67 bits per heavy atom. The number of halogens is 3. The molecule has 3 aromatic carbocycles. The number of ether oxygens (including phenoxy) is 2. The quantitative estimate of drug-likeness (QED) is 0.260. The summed E-state index contributed by atoms with van der Waals surface area (Å²) < 4.78 is 25.7. The Morgan fingerprint density at radius 3 is 2.31 bits per heavy atom. The third-order valence-electron chi connectivity index (χ3n) is 5.11. The highest BCUT2D eigenvalue weighted by molar-refractivity contribution is 9.11. The molecule has 4 rings (SSSR count). The second-order valence-electron chi connectivity index (χ2n) is 7.62. The normalized spacial score (nSPS) is 14.7. The summed E-state index contributed by atoms with van der Waals surface area (Å²) in [6, 6.07) is 15.0. The molecule has 36 heavy (non-hydrogen) atoms. The fourth-order valence-electron chi connectivity index (χ4n) is 3.50. The van der Waals surface area contributed by atoms with Gasteiger partial charge in [-0.25, -0.2) is 14.1 Å². The van der Waals surface area contributed by atoms with Crippen molar-refractivity contribution in [2.24, 2.45) is 0 Å². The van der Waals surface area contributed by atoms with E-state index in [0.717, 1.165) is 4.90 Å². The van der Waals surface area contributed by atoms with Crippen LogP contribution in [0.4, 0.5) is 14.9 Å². The fourth-order valence-corrected chi connectivity index (χ4v) is 4.95. The summed E-state index contributed by atoms with van der Waals surface area (Å²) >= 11 is 6.88. The first kappa shape index (κ1) is 25.6. The second-order valence-corrected chi connectivity index (χ2v) is 9.33. The molecule has 4 amide bonds. The molecule has 0 spiro atoms. The lowest BCUT2D eigenvalue weighted by atomic mass is 10.1. The van der Waals surface area contributed by atoms with Gasteiger partial charge in [-0.3, -0.25) is 14.9 Å². The summed E-state index contributed by atoms with van der Waals surface area (Å²) in [6.07, 6.45) is 1.39. The van der Waals surface area contributed by atoms with Crippen LogP contribution in [-0.4, -0.2) is 24.5 Å². The van der Waals surface area contributed by atoms with Gasteiger partial charge in [-0.05, 0) is 105 Å². The highest BCUT2D eigenvalue weighted by Gasteiger charge is 2.36. The predicted molar refractivity (Wildman–Crippen MR) is 139 cm³/mol. The number of barbiturate groups is 1. The lowest BCUT2D eigenvalue weighted by molar-refractivity contribution is -0.122. The molecule has 7 nitrogen and oxygen atoms in total. The maximum absolute atomic E-state index is 13.4. The van der Waals surface area contributed by atoms with Gasteiger partial charge in [-0.2, -0.15) is 0 Å². The summed E-state index contributed by atoms with van der Waals surface area (Å²) in [5.74, 6) is -0.860. The highest BCUT2D eigenvalue weighted by atomic mass is 79.9. The molecule has 1 heterocycles. The molecular formula is C26H19Br2FN2O5. The molecule has 1 aliphatic rings. The Labute approximate surface area is 223 Å². The molecule has 0 unspecified atom stereocenters. The lowest BCUT2D eigenvalue weighted by Gasteiger charge is -2.26. The zero-order valence-corrected chi connectivity index (χ0v) is 22.1. The van der Waals surface area contributed by atoms with Gasteiger partial charge in [-0.15, -0.1) is 0 Å². The SMILES string of the molecule is CCOc1ccc(N2C(=O)NC(=O)/C(=C\c3cc(Br)c(OCc4cccc(F)c4)c(Br)c3)C2=O)cc1. The number of nitrogens with zero attached hydrogens (tertiary/aromatic N) is 1. The fraction of sp³-hybridized carbons (Fsp3) is 0.115. The van der Waals surface area contributed by atoms with E-state index in [1.807, 2.05) is 6.92 Å². The zero-order chi connectivity index (χ0) is 25.8. The van der Waals surface area contributed by atoms with Gasteiger partial charge in [0, 0.05) is 0 Å². The summed E-state index contributed by atoms with van der Waals surface area (Å²) in [6.45, 7) is 2.46. The first-order chi connectivity index (χ1) is 17.3. The standard InChI is InChI=1S/C26H19Br2FN2O5/c1-2-35-19-8-6-18(7-9-19)31-25(33)20(24(32)30-26(31)34)11-16-12-21(27)23(22(28)13-16)36-14-15-4-3-5-17(29)10-15/h3-13H,2,14H2,1H3,(H,30,32,34)/b20-11+. The molecule has 1 N–H and O–H groups in total. The van der Waals surface area contributed by atoms with Crippen molar-refractivity contribution in [1.82, 2.24) is 5.32 Å². The van der Waals surface area contributed by atoms with Crippen molar-refractivity contribution in [1.29, 1.82) is 0 Å². The number of hydrogen-bond acceptors (Lipinski definition) is 5. The summed E-state index contributed by atoms with van der Waals surface area (Å²) in [5.41, 5.74) is 1.24. The van der Waals surface area contributed by atoms with Crippen molar-refractivity contribution >= 4 is 61.5 Å². The van der Waals surface area contributed by atoms with E-state index in [2.05, 4.69) is 37.2 Å². The molecule has 0 atom stereocenters. The monoisotopic (exact) mass is 616 g/mol. The number of nitrogens with one attached hydrogen (secondary N) is 1. The van der Waals surface area contributed by atoms with Gasteiger partial charge in [0.2, 0.25) is 0 Å².